The smallest absolute Gasteiger partial charge is 0.196 e. The van der Waals surface area contributed by atoms with Gasteiger partial charge in [0.1, 0.15) is 12.4 Å². The van der Waals surface area contributed by atoms with E-state index in [0.29, 0.717) is 40.1 Å². The fraction of sp³-hybridized carbons (Fsp3) is 0.289. The molecular formula is C38H40Cl2FNO4. The molecule has 0 saturated heterocycles. The summed E-state index contributed by atoms with van der Waals surface area (Å²) < 4.78 is 40.2. The van der Waals surface area contributed by atoms with Crippen LogP contribution in [0, 0.1) is 5.82 Å². The molecule has 1 atom stereocenters. The molecule has 1 heterocycles. The molecule has 5 aromatic rings. The molecule has 0 aliphatic heterocycles. The summed E-state index contributed by atoms with van der Waals surface area (Å²) in [4.78, 5) is 0. The number of benzene rings is 4. The van der Waals surface area contributed by atoms with Crippen LogP contribution >= 0.6 is 11.6 Å². The van der Waals surface area contributed by atoms with E-state index in [1.165, 1.54) is 17.2 Å². The third kappa shape index (κ3) is 7.19. The molecule has 5 rings (SSSR count). The predicted molar refractivity (Wildman–Crippen MR) is 178 cm³/mol. The SMILES string of the molecule is COc1cc2cc[n+](Cc3cccc(OC)c3OCc3c(F)cccc3Cl)c(C(C)c3ccc(C(C)(C)C)cc3)c2cc1OC.[Cl-]. The van der Waals surface area contributed by atoms with Gasteiger partial charge in [0.2, 0.25) is 0 Å². The molecule has 0 amide bonds. The topological polar surface area (TPSA) is 40.8 Å². The lowest BCUT2D eigenvalue weighted by Gasteiger charge is -2.21. The lowest BCUT2D eigenvalue weighted by atomic mass is 9.85. The summed E-state index contributed by atoms with van der Waals surface area (Å²) in [6, 6.07) is 25.4. The summed E-state index contributed by atoms with van der Waals surface area (Å²) in [5.74, 6) is 2.03. The van der Waals surface area contributed by atoms with Gasteiger partial charge in [0.25, 0.3) is 0 Å². The van der Waals surface area contributed by atoms with E-state index in [2.05, 4.69) is 68.8 Å². The normalized spacial score (nSPS) is 11.9. The largest absolute Gasteiger partial charge is 1.00 e. The van der Waals surface area contributed by atoms with Crippen LogP contribution in [0.5, 0.6) is 23.0 Å². The van der Waals surface area contributed by atoms with Crippen molar-refractivity contribution in [3.63, 3.8) is 0 Å². The van der Waals surface area contributed by atoms with Crippen molar-refractivity contribution < 1.29 is 40.3 Å². The lowest BCUT2D eigenvalue weighted by Crippen LogP contribution is -3.00. The van der Waals surface area contributed by atoms with Gasteiger partial charge < -0.3 is 31.4 Å². The molecule has 8 heteroatoms. The highest BCUT2D eigenvalue weighted by Crippen LogP contribution is 2.38. The number of fused-ring (bicyclic) bond motifs is 1. The monoisotopic (exact) mass is 663 g/mol. The van der Waals surface area contributed by atoms with Crippen LogP contribution in [0.25, 0.3) is 10.8 Å². The summed E-state index contributed by atoms with van der Waals surface area (Å²) in [6.45, 7) is 9.31. The first kappa shape index (κ1) is 34.9. The van der Waals surface area contributed by atoms with E-state index in [9.17, 15) is 4.39 Å². The van der Waals surface area contributed by atoms with Crippen LogP contribution in [0.2, 0.25) is 5.02 Å². The molecule has 1 aromatic heterocycles. The first-order valence-corrected chi connectivity index (χ1v) is 15.3. The number of rotatable bonds is 10. The number of hydrogen-bond donors (Lipinski definition) is 0. The van der Waals surface area contributed by atoms with Crippen molar-refractivity contribution in [2.75, 3.05) is 21.3 Å². The van der Waals surface area contributed by atoms with Crippen molar-refractivity contribution in [1.29, 1.82) is 0 Å². The minimum atomic E-state index is -0.416. The number of nitrogens with zero attached hydrogens (tertiary/aromatic N) is 1. The van der Waals surface area contributed by atoms with Crippen LogP contribution < -0.4 is 35.9 Å². The molecule has 0 saturated carbocycles. The molecule has 0 spiro atoms. The van der Waals surface area contributed by atoms with Gasteiger partial charge in [0.15, 0.2) is 41.4 Å². The number of methoxy groups -OCH3 is 3. The number of halogens is 3. The maximum atomic E-state index is 14.6. The predicted octanol–water partition coefficient (Wildman–Crippen LogP) is 6.03. The molecule has 0 radical (unpaired) electrons. The molecule has 4 aromatic carbocycles. The number of ether oxygens (including phenoxy) is 4. The van der Waals surface area contributed by atoms with Crippen molar-refractivity contribution >= 4 is 22.4 Å². The van der Waals surface area contributed by atoms with Crippen LogP contribution in [0.15, 0.2) is 85.1 Å². The van der Waals surface area contributed by atoms with Crippen molar-refractivity contribution in [3.05, 3.63) is 124 Å². The van der Waals surface area contributed by atoms with E-state index in [-0.39, 0.29) is 30.3 Å². The van der Waals surface area contributed by atoms with Crippen molar-refractivity contribution in [3.8, 4) is 23.0 Å². The van der Waals surface area contributed by atoms with Gasteiger partial charge in [-0.15, -0.1) is 0 Å². The van der Waals surface area contributed by atoms with Crippen molar-refractivity contribution in [1.82, 2.24) is 0 Å². The van der Waals surface area contributed by atoms with Gasteiger partial charge in [-0.1, -0.05) is 68.8 Å². The van der Waals surface area contributed by atoms with E-state index in [1.54, 1.807) is 33.5 Å². The zero-order valence-corrected chi connectivity index (χ0v) is 28.8. The summed E-state index contributed by atoms with van der Waals surface area (Å²) >= 11 is 6.31. The quantitative estimate of drug-likeness (QED) is 0.171. The Balaban J connectivity index is 0.00000480. The van der Waals surface area contributed by atoms with Gasteiger partial charge >= 0.3 is 0 Å². The van der Waals surface area contributed by atoms with Gasteiger partial charge in [0, 0.05) is 11.6 Å². The van der Waals surface area contributed by atoms with Crippen LogP contribution in [0.4, 0.5) is 4.39 Å². The second-order valence-corrected chi connectivity index (χ2v) is 12.6. The molecule has 0 fully saturated rings. The molecule has 0 aliphatic carbocycles. The second-order valence-electron chi connectivity index (χ2n) is 12.2. The average Bonchev–Trinajstić information content (AvgIpc) is 3.03. The van der Waals surface area contributed by atoms with Gasteiger partial charge in [-0.2, -0.15) is 4.57 Å². The Labute approximate surface area is 282 Å². The maximum absolute atomic E-state index is 14.6. The zero-order valence-electron chi connectivity index (χ0n) is 27.3. The van der Waals surface area contributed by atoms with E-state index in [1.807, 2.05) is 30.3 Å². The van der Waals surface area contributed by atoms with Crippen LogP contribution in [-0.4, -0.2) is 21.3 Å². The Morgan fingerprint density at radius 3 is 2.11 bits per heavy atom. The molecule has 1 unspecified atom stereocenters. The summed E-state index contributed by atoms with van der Waals surface area (Å²) in [6.07, 6.45) is 2.08. The Morgan fingerprint density at radius 2 is 1.48 bits per heavy atom. The molecule has 0 bridgehead atoms. The van der Waals surface area contributed by atoms with Crippen LogP contribution in [0.1, 0.15) is 61.6 Å². The summed E-state index contributed by atoms with van der Waals surface area (Å²) in [5, 5.41) is 2.40. The number of pyridine rings is 1. The standard InChI is InChI=1S/C38H40ClFNO4.ClH/c1-24(25-14-16-28(17-15-25)38(2,3)4)36-29-21-35(44-7)34(43-6)20-26(29)18-19-41(36)22-27-10-8-13-33(42-5)37(27)45-23-30-31(39)11-9-12-32(30)40;/h8-21,24H,22-23H2,1-7H3;1H/q+1;/p-1. The van der Waals surface area contributed by atoms with E-state index in [0.717, 1.165) is 22.0 Å². The maximum Gasteiger partial charge on any atom is 0.196 e. The first-order valence-electron chi connectivity index (χ1n) is 15.0. The minimum absolute atomic E-state index is 0. The molecular weight excluding hydrogens is 624 g/mol. The second kappa shape index (κ2) is 14.6. The third-order valence-corrected chi connectivity index (χ3v) is 8.66. The highest BCUT2D eigenvalue weighted by atomic mass is 35.5. The molecule has 46 heavy (non-hydrogen) atoms. The molecule has 0 aliphatic rings. The number of aromatic nitrogens is 1. The number of hydrogen-bond acceptors (Lipinski definition) is 4. The van der Waals surface area contributed by atoms with Gasteiger partial charge in [-0.25, -0.2) is 4.39 Å². The highest BCUT2D eigenvalue weighted by Gasteiger charge is 2.27. The van der Waals surface area contributed by atoms with Gasteiger partial charge in [0.05, 0.1) is 43.2 Å². The summed E-state index contributed by atoms with van der Waals surface area (Å²) in [7, 11) is 4.89. The van der Waals surface area contributed by atoms with E-state index >= 15 is 0 Å². The summed E-state index contributed by atoms with van der Waals surface area (Å²) in [5.41, 5.74) is 4.80. The Kier molecular flexibility index (Phi) is 11.1. The van der Waals surface area contributed by atoms with E-state index < -0.39 is 5.82 Å². The Hall–Kier alpha value is -4.00. The number of para-hydroxylation sites is 1. The van der Waals surface area contributed by atoms with Gasteiger partial charge in [-0.3, -0.25) is 0 Å². The average molecular weight is 665 g/mol. The Morgan fingerprint density at radius 1 is 0.826 bits per heavy atom. The van der Waals surface area contributed by atoms with Crippen molar-refractivity contribution in [2.24, 2.45) is 0 Å². The minimum Gasteiger partial charge on any atom is -1.00 e. The molecule has 5 nitrogen and oxygen atoms in total. The Bertz CT molecular complexity index is 1800. The van der Waals surface area contributed by atoms with Crippen molar-refractivity contribution in [2.45, 2.75) is 52.2 Å². The fourth-order valence-electron chi connectivity index (χ4n) is 5.72. The van der Waals surface area contributed by atoms with Gasteiger partial charge in [-0.05, 0) is 65.3 Å². The molecule has 0 N–H and O–H groups in total. The fourth-order valence-corrected chi connectivity index (χ4v) is 5.94. The lowest BCUT2D eigenvalue weighted by molar-refractivity contribution is -0.695. The van der Waals surface area contributed by atoms with Crippen LogP contribution in [0.3, 0.4) is 0 Å². The zero-order chi connectivity index (χ0) is 32.3. The highest BCUT2D eigenvalue weighted by molar-refractivity contribution is 6.31. The van der Waals surface area contributed by atoms with E-state index in [4.69, 9.17) is 30.5 Å². The molecule has 242 valence electrons. The first-order chi connectivity index (χ1) is 21.5. The third-order valence-electron chi connectivity index (χ3n) is 8.31. The van der Waals surface area contributed by atoms with Crippen LogP contribution in [-0.2, 0) is 18.6 Å².